The van der Waals surface area contributed by atoms with Crippen LogP contribution in [-0.4, -0.2) is 35.8 Å². The number of unbranched alkanes of at least 4 members (excludes halogenated alkanes) is 5. The summed E-state index contributed by atoms with van der Waals surface area (Å²) < 4.78 is 7.22. The molecule has 32 heavy (non-hydrogen) atoms. The van der Waals surface area contributed by atoms with Crippen LogP contribution < -0.4 is 16.9 Å². The Morgan fingerprint density at radius 1 is 1.09 bits per heavy atom. The van der Waals surface area contributed by atoms with Gasteiger partial charge in [-0.05, 0) is 31.0 Å². The molecule has 0 saturated heterocycles. The first kappa shape index (κ1) is 21.5. The van der Waals surface area contributed by atoms with E-state index in [1.54, 1.807) is 5.48 Å². The number of nitrogens with one attached hydrogen (secondary N) is 1. The molecule has 0 aliphatic carbocycles. The Morgan fingerprint density at radius 2 is 1.88 bits per heavy atom. The van der Waals surface area contributed by atoms with Crippen LogP contribution in [0.2, 0.25) is 0 Å². The van der Waals surface area contributed by atoms with E-state index >= 15 is 0 Å². The van der Waals surface area contributed by atoms with Crippen LogP contribution in [-0.2, 0) is 11.3 Å². The summed E-state index contributed by atoms with van der Waals surface area (Å²) in [5, 5.41) is 14.0. The third kappa shape index (κ3) is 4.62. The van der Waals surface area contributed by atoms with Gasteiger partial charge in [-0.1, -0.05) is 25.7 Å². The van der Waals surface area contributed by atoms with Crippen LogP contribution in [0.4, 0.5) is 11.8 Å². The number of fused-ring (bicyclic) bond motifs is 2. The molecular formula is C21H26N8O3. The zero-order chi connectivity index (χ0) is 22.5. The number of carbonyl (C=O) groups excluding carboxylic acids is 1. The molecule has 0 atom stereocenters. The lowest BCUT2D eigenvalue weighted by molar-refractivity contribution is -0.129. The zero-order valence-electron chi connectivity index (χ0n) is 17.6. The van der Waals surface area contributed by atoms with E-state index in [1.807, 2.05) is 22.9 Å². The van der Waals surface area contributed by atoms with Crippen molar-refractivity contribution in [2.45, 2.75) is 51.5 Å². The number of hydrogen-bond donors (Lipinski definition) is 4. The average molecular weight is 438 g/mol. The SMILES string of the molecule is Nc1nc2cc(-c3nn(CCCCCCCCC(=O)NO)c4ncnc(N)c34)ccc2o1. The largest absolute Gasteiger partial charge is 0.424 e. The Bertz CT molecular complexity index is 1230. The normalized spacial score (nSPS) is 11.4. The lowest BCUT2D eigenvalue weighted by Gasteiger charge is -2.04. The fourth-order valence-corrected chi connectivity index (χ4v) is 3.79. The van der Waals surface area contributed by atoms with Gasteiger partial charge in [-0.2, -0.15) is 10.1 Å². The van der Waals surface area contributed by atoms with Crippen molar-refractivity contribution in [1.82, 2.24) is 30.2 Å². The quantitative estimate of drug-likeness (QED) is 0.165. The highest BCUT2D eigenvalue weighted by Gasteiger charge is 2.18. The van der Waals surface area contributed by atoms with E-state index in [1.165, 1.54) is 6.33 Å². The number of hydrogen-bond acceptors (Lipinski definition) is 9. The Kier molecular flexibility index (Phi) is 6.45. The number of nitrogen functional groups attached to an aromatic ring is 2. The van der Waals surface area contributed by atoms with Gasteiger partial charge >= 0.3 is 0 Å². The Labute approximate surface area is 183 Å². The van der Waals surface area contributed by atoms with Gasteiger partial charge in [0.2, 0.25) is 5.91 Å². The molecule has 168 valence electrons. The molecule has 0 aliphatic rings. The van der Waals surface area contributed by atoms with Crippen molar-refractivity contribution < 1.29 is 14.4 Å². The Balaban J connectivity index is 1.44. The second-order valence-corrected chi connectivity index (χ2v) is 7.67. The Hall–Kier alpha value is -3.73. The standard InChI is InChI=1S/C21H26N8O3/c22-19-17-18(13-8-9-15-14(11-13)26-21(23)32-15)27-29(20(17)25-12-24-19)10-6-4-2-1-3-5-7-16(30)28-31/h8-9,11-12,31H,1-7,10H2,(H2,23,26)(H,28,30)(H2,22,24,25). The van der Waals surface area contributed by atoms with Gasteiger partial charge in [0.15, 0.2) is 11.2 Å². The van der Waals surface area contributed by atoms with Crippen molar-refractivity contribution >= 4 is 39.9 Å². The minimum Gasteiger partial charge on any atom is -0.424 e. The molecule has 0 unspecified atom stereocenters. The molecule has 0 aliphatic heterocycles. The number of aromatic nitrogens is 5. The summed E-state index contributed by atoms with van der Waals surface area (Å²) in [5.74, 6) is 0.0433. The highest BCUT2D eigenvalue weighted by atomic mass is 16.5. The summed E-state index contributed by atoms with van der Waals surface area (Å²) in [6.07, 6.45) is 7.62. The van der Waals surface area contributed by atoms with Crippen LogP contribution in [0.5, 0.6) is 0 Å². The molecule has 0 radical (unpaired) electrons. The van der Waals surface area contributed by atoms with Crippen molar-refractivity contribution in [3.05, 3.63) is 24.5 Å². The molecule has 0 spiro atoms. The van der Waals surface area contributed by atoms with Crippen molar-refractivity contribution in [3.63, 3.8) is 0 Å². The van der Waals surface area contributed by atoms with E-state index < -0.39 is 0 Å². The van der Waals surface area contributed by atoms with Gasteiger partial charge in [0.25, 0.3) is 6.01 Å². The lowest BCUT2D eigenvalue weighted by atomic mass is 10.1. The molecule has 4 rings (SSSR count). The van der Waals surface area contributed by atoms with Crippen LogP contribution in [0.25, 0.3) is 33.4 Å². The maximum Gasteiger partial charge on any atom is 0.292 e. The topological polar surface area (TPSA) is 171 Å². The zero-order valence-corrected chi connectivity index (χ0v) is 17.6. The summed E-state index contributed by atoms with van der Waals surface area (Å²) in [6, 6.07) is 5.68. The smallest absolute Gasteiger partial charge is 0.292 e. The van der Waals surface area contributed by atoms with Gasteiger partial charge in [-0.3, -0.25) is 10.0 Å². The second kappa shape index (κ2) is 9.60. The van der Waals surface area contributed by atoms with Gasteiger partial charge in [0.05, 0.1) is 5.39 Å². The highest BCUT2D eigenvalue weighted by molar-refractivity contribution is 5.99. The monoisotopic (exact) mass is 438 g/mol. The predicted molar refractivity (Wildman–Crippen MR) is 119 cm³/mol. The van der Waals surface area contributed by atoms with Crippen LogP contribution >= 0.6 is 0 Å². The molecule has 0 fully saturated rings. The minimum absolute atomic E-state index is 0.118. The Morgan fingerprint density at radius 3 is 2.69 bits per heavy atom. The molecule has 0 bridgehead atoms. The molecule has 6 N–H and O–H groups in total. The third-order valence-corrected chi connectivity index (χ3v) is 5.38. The van der Waals surface area contributed by atoms with Gasteiger partial charge in [0.1, 0.15) is 23.4 Å². The van der Waals surface area contributed by atoms with Gasteiger partial charge in [-0.15, -0.1) is 0 Å². The summed E-state index contributed by atoms with van der Waals surface area (Å²) in [7, 11) is 0. The molecule has 11 heteroatoms. The first-order valence-corrected chi connectivity index (χ1v) is 10.6. The maximum absolute atomic E-state index is 11.0. The van der Waals surface area contributed by atoms with Gasteiger partial charge in [0, 0.05) is 18.5 Å². The van der Waals surface area contributed by atoms with E-state index in [0.29, 0.717) is 46.6 Å². The number of amides is 1. The molecule has 4 aromatic rings. The fourth-order valence-electron chi connectivity index (χ4n) is 3.79. The predicted octanol–water partition coefficient (Wildman–Crippen LogP) is 3.04. The number of anilines is 2. The van der Waals surface area contributed by atoms with Crippen LogP contribution in [0, 0.1) is 0 Å². The molecule has 1 amide bonds. The molecule has 3 heterocycles. The van der Waals surface area contributed by atoms with Gasteiger partial charge in [-0.25, -0.2) is 20.1 Å². The first-order valence-electron chi connectivity index (χ1n) is 10.6. The fraction of sp³-hybridized carbons (Fsp3) is 0.381. The average Bonchev–Trinajstić information content (AvgIpc) is 3.35. The second-order valence-electron chi connectivity index (χ2n) is 7.67. The third-order valence-electron chi connectivity index (χ3n) is 5.38. The summed E-state index contributed by atoms with van der Waals surface area (Å²) in [5.41, 5.74) is 17.0. The van der Waals surface area contributed by atoms with Crippen molar-refractivity contribution in [2.75, 3.05) is 11.5 Å². The van der Waals surface area contributed by atoms with E-state index in [2.05, 4.69) is 15.0 Å². The van der Waals surface area contributed by atoms with Crippen LogP contribution in [0.3, 0.4) is 0 Å². The molecule has 1 aromatic carbocycles. The van der Waals surface area contributed by atoms with Crippen molar-refractivity contribution in [3.8, 4) is 11.3 Å². The van der Waals surface area contributed by atoms with Crippen LogP contribution in [0.15, 0.2) is 28.9 Å². The molecule has 11 nitrogen and oxygen atoms in total. The summed E-state index contributed by atoms with van der Waals surface area (Å²) >= 11 is 0. The van der Waals surface area contributed by atoms with Crippen molar-refractivity contribution in [2.24, 2.45) is 0 Å². The number of nitrogens with zero attached hydrogens (tertiary/aromatic N) is 5. The molecule has 0 saturated carbocycles. The van der Waals surface area contributed by atoms with E-state index in [9.17, 15) is 4.79 Å². The molecular weight excluding hydrogens is 412 g/mol. The molecule has 3 aromatic heterocycles. The van der Waals surface area contributed by atoms with Crippen molar-refractivity contribution in [1.29, 1.82) is 0 Å². The number of hydroxylamine groups is 1. The number of benzene rings is 1. The number of aryl methyl sites for hydroxylation is 1. The first-order chi connectivity index (χ1) is 15.6. The number of carbonyl (C=O) groups is 1. The lowest BCUT2D eigenvalue weighted by Crippen LogP contribution is -2.17. The van der Waals surface area contributed by atoms with E-state index in [0.717, 1.165) is 44.1 Å². The maximum atomic E-state index is 11.0. The summed E-state index contributed by atoms with van der Waals surface area (Å²) in [6.45, 7) is 0.707. The van der Waals surface area contributed by atoms with Gasteiger partial charge < -0.3 is 15.9 Å². The highest BCUT2D eigenvalue weighted by Crippen LogP contribution is 2.32. The summed E-state index contributed by atoms with van der Waals surface area (Å²) in [4.78, 5) is 23.8. The van der Waals surface area contributed by atoms with Crippen LogP contribution in [0.1, 0.15) is 44.9 Å². The van der Waals surface area contributed by atoms with E-state index in [-0.39, 0.29) is 11.9 Å². The minimum atomic E-state index is -0.334. The number of oxazole rings is 1. The van der Waals surface area contributed by atoms with E-state index in [4.69, 9.17) is 26.2 Å². The number of rotatable bonds is 10. The number of nitrogens with two attached hydrogens (primary N) is 2.